The number of hydrogen-bond donors (Lipinski definition) is 1. The van der Waals surface area contributed by atoms with Crippen molar-refractivity contribution in [2.24, 2.45) is 5.92 Å². The Hall–Kier alpha value is -1.51. The van der Waals surface area contributed by atoms with Gasteiger partial charge in [0.1, 0.15) is 0 Å². The normalized spacial score (nSPS) is 13.6. The van der Waals surface area contributed by atoms with E-state index in [1.807, 2.05) is 31.2 Å². The number of rotatable bonds is 8. The minimum Gasteiger partial charge on any atom is -0.462 e. The highest BCUT2D eigenvalue weighted by molar-refractivity contribution is 5.95. The number of esters is 1. The molecule has 1 aromatic rings. The lowest BCUT2D eigenvalue weighted by atomic mass is 9.97. The monoisotopic (exact) mass is 277 g/mol. The summed E-state index contributed by atoms with van der Waals surface area (Å²) in [5.74, 6) is 0.427. The Bertz CT molecular complexity index is 417. The van der Waals surface area contributed by atoms with Gasteiger partial charge in [0.25, 0.3) is 0 Å². The molecule has 0 aliphatic rings. The van der Waals surface area contributed by atoms with Crippen LogP contribution in [0.25, 0.3) is 0 Å². The van der Waals surface area contributed by atoms with Gasteiger partial charge in [-0.2, -0.15) is 0 Å². The molecule has 0 saturated carbocycles. The number of para-hydroxylation sites is 1. The van der Waals surface area contributed by atoms with Crippen LogP contribution >= 0.6 is 0 Å². The number of ether oxygens (including phenoxy) is 1. The van der Waals surface area contributed by atoms with Crippen LogP contribution in [0.15, 0.2) is 24.3 Å². The average molecular weight is 277 g/mol. The molecule has 0 radical (unpaired) electrons. The molecule has 0 aliphatic heterocycles. The fraction of sp³-hybridized carbons (Fsp3) is 0.588. The van der Waals surface area contributed by atoms with E-state index in [0.717, 1.165) is 18.5 Å². The van der Waals surface area contributed by atoms with E-state index < -0.39 is 0 Å². The lowest BCUT2D eigenvalue weighted by Crippen LogP contribution is -2.23. The predicted molar refractivity (Wildman–Crippen MR) is 84.2 cm³/mol. The van der Waals surface area contributed by atoms with Crippen LogP contribution in [0.4, 0.5) is 5.69 Å². The fourth-order valence-corrected chi connectivity index (χ4v) is 2.20. The van der Waals surface area contributed by atoms with Crippen molar-refractivity contribution >= 4 is 11.7 Å². The van der Waals surface area contributed by atoms with Crippen LogP contribution in [0, 0.1) is 5.92 Å². The Morgan fingerprint density at radius 3 is 2.50 bits per heavy atom. The van der Waals surface area contributed by atoms with Gasteiger partial charge in [0.15, 0.2) is 0 Å². The van der Waals surface area contributed by atoms with Gasteiger partial charge in [-0.15, -0.1) is 0 Å². The molecule has 112 valence electrons. The van der Waals surface area contributed by atoms with Crippen LogP contribution in [0.1, 0.15) is 57.3 Å². The molecule has 1 N–H and O–H groups in total. The summed E-state index contributed by atoms with van der Waals surface area (Å²) in [6.07, 6.45) is 3.34. The molecule has 0 aliphatic carbocycles. The Labute approximate surface area is 122 Å². The SMILES string of the molecule is CCOC(=O)c1ccccc1NC(CC)CC(C)CC. The predicted octanol–water partition coefficient (Wildman–Crippen LogP) is 4.49. The molecule has 3 nitrogen and oxygen atoms in total. The smallest absolute Gasteiger partial charge is 0.340 e. The minimum atomic E-state index is -0.256. The van der Waals surface area contributed by atoms with Crippen LogP contribution in [0.3, 0.4) is 0 Å². The van der Waals surface area contributed by atoms with Crippen molar-refractivity contribution in [1.29, 1.82) is 0 Å². The number of benzene rings is 1. The molecule has 1 aromatic carbocycles. The van der Waals surface area contributed by atoms with Crippen LogP contribution in [-0.4, -0.2) is 18.6 Å². The lowest BCUT2D eigenvalue weighted by molar-refractivity contribution is 0.0527. The molecule has 2 unspecified atom stereocenters. The first kappa shape index (κ1) is 16.5. The third-order valence-electron chi connectivity index (χ3n) is 3.66. The van der Waals surface area contributed by atoms with Gasteiger partial charge < -0.3 is 10.1 Å². The van der Waals surface area contributed by atoms with Gasteiger partial charge in [-0.25, -0.2) is 4.79 Å². The Balaban J connectivity index is 2.82. The summed E-state index contributed by atoms with van der Waals surface area (Å²) in [4.78, 5) is 12.0. The lowest BCUT2D eigenvalue weighted by Gasteiger charge is -2.22. The first-order valence-electron chi connectivity index (χ1n) is 7.64. The van der Waals surface area contributed by atoms with E-state index in [0.29, 0.717) is 24.1 Å². The Morgan fingerprint density at radius 1 is 1.20 bits per heavy atom. The van der Waals surface area contributed by atoms with Gasteiger partial charge in [0, 0.05) is 11.7 Å². The van der Waals surface area contributed by atoms with Crippen LogP contribution in [-0.2, 0) is 4.74 Å². The maximum atomic E-state index is 12.0. The van der Waals surface area contributed by atoms with Gasteiger partial charge in [0.05, 0.1) is 12.2 Å². The average Bonchev–Trinajstić information content (AvgIpc) is 2.47. The molecule has 20 heavy (non-hydrogen) atoms. The number of anilines is 1. The Morgan fingerprint density at radius 2 is 1.90 bits per heavy atom. The molecule has 0 amide bonds. The number of hydrogen-bond acceptors (Lipinski definition) is 3. The van der Waals surface area contributed by atoms with E-state index in [4.69, 9.17) is 4.74 Å². The maximum absolute atomic E-state index is 12.0. The Kier molecular flexibility index (Phi) is 7.13. The number of carbonyl (C=O) groups is 1. The summed E-state index contributed by atoms with van der Waals surface area (Å²) < 4.78 is 5.11. The van der Waals surface area contributed by atoms with E-state index in [9.17, 15) is 4.79 Å². The zero-order valence-electron chi connectivity index (χ0n) is 13.1. The van der Waals surface area contributed by atoms with E-state index in [1.54, 1.807) is 0 Å². The summed E-state index contributed by atoms with van der Waals surface area (Å²) in [5, 5.41) is 3.50. The highest BCUT2D eigenvalue weighted by Crippen LogP contribution is 2.21. The van der Waals surface area contributed by atoms with Gasteiger partial charge in [-0.05, 0) is 37.8 Å². The summed E-state index contributed by atoms with van der Waals surface area (Å²) in [6, 6.07) is 7.97. The fourth-order valence-electron chi connectivity index (χ4n) is 2.20. The molecule has 0 aromatic heterocycles. The second kappa shape index (κ2) is 8.62. The van der Waals surface area contributed by atoms with Gasteiger partial charge >= 0.3 is 5.97 Å². The van der Waals surface area contributed by atoms with Gasteiger partial charge in [-0.3, -0.25) is 0 Å². The van der Waals surface area contributed by atoms with E-state index >= 15 is 0 Å². The highest BCUT2D eigenvalue weighted by Gasteiger charge is 2.15. The van der Waals surface area contributed by atoms with Crippen molar-refractivity contribution in [3.05, 3.63) is 29.8 Å². The van der Waals surface area contributed by atoms with Crippen molar-refractivity contribution in [3.63, 3.8) is 0 Å². The topological polar surface area (TPSA) is 38.3 Å². The van der Waals surface area contributed by atoms with Gasteiger partial charge in [-0.1, -0.05) is 39.3 Å². The first-order chi connectivity index (χ1) is 9.62. The maximum Gasteiger partial charge on any atom is 0.340 e. The quantitative estimate of drug-likeness (QED) is 0.711. The van der Waals surface area contributed by atoms with Crippen LogP contribution in [0.2, 0.25) is 0 Å². The highest BCUT2D eigenvalue weighted by atomic mass is 16.5. The molecule has 0 spiro atoms. The number of carbonyl (C=O) groups excluding carboxylic acids is 1. The van der Waals surface area contributed by atoms with Crippen molar-refractivity contribution in [1.82, 2.24) is 0 Å². The molecule has 2 atom stereocenters. The standard InChI is InChI=1S/C17H27NO2/c1-5-13(4)12-14(6-2)18-16-11-9-8-10-15(16)17(19)20-7-3/h8-11,13-14,18H,5-7,12H2,1-4H3. The van der Waals surface area contributed by atoms with Crippen LogP contribution < -0.4 is 5.32 Å². The van der Waals surface area contributed by atoms with Gasteiger partial charge in [0.2, 0.25) is 0 Å². The van der Waals surface area contributed by atoms with Crippen molar-refractivity contribution in [2.45, 2.75) is 53.0 Å². The summed E-state index contributed by atoms with van der Waals surface area (Å²) in [7, 11) is 0. The molecular formula is C17H27NO2. The van der Waals surface area contributed by atoms with Crippen LogP contribution in [0.5, 0.6) is 0 Å². The summed E-state index contributed by atoms with van der Waals surface area (Å²) in [6.45, 7) is 8.88. The van der Waals surface area contributed by atoms with Crippen molar-refractivity contribution in [2.75, 3.05) is 11.9 Å². The second-order valence-electron chi connectivity index (χ2n) is 5.26. The third-order valence-corrected chi connectivity index (χ3v) is 3.66. The molecule has 3 heteroatoms. The zero-order chi connectivity index (χ0) is 15.0. The van der Waals surface area contributed by atoms with Crippen molar-refractivity contribution < 1.29 is 9.53 Å². The first-order valence-corrected chi connectivity index (χ1v) is 7.64. The molecule has 0 saturated heterocycles. The molecule has 1 rings (SSSR count). The van der Waals surface area contributed by atoms with E-state index in [2.05, 4.69) is 26.1 Å². The second-order valence-corrected chi connectivity index (χ2v) is 5.26. The largest absolute Gasteiger partial charge is 0.462 e. The number of nitrogens with one attached hydrogen (secondary N) is 1. The summed E-state index contributed by atoms with van der Waals surface area (Å²) in [5.41, 5.74) is 1.50. The van der Waals surface area contributed by atoms with Crippen molar-refractivity contribution in [3.8, 4) is 0 Å². The molecule has 0 fully saturated rings. The molecule has 0 heterocycles. The summed E-state index contributed by atoms with van der Waals surface area (Å²) >= 11 is 0. The minimum absolute atomic E-state index is 0.256. The van der Waals surface area contributed by atoms with E-state index in [-0.39, 0.29) is 5.97 Å². The molecule has 0 bridgehead atoms. The third kappa shape index (κ3) is 4.87. The zero-order valence-corrected chi connectivity index (χ0v) is 13.1. The molecular weight excluding hydrogens is 250 g/mol. The van der Waals surface area contributed by atoms with E-state index in [1.165, 1.54) is 6.42 Å².